The van der Waals surface area contributed by atoms with E-state index in [4.69, 9.17) is 11.6 Å². The van der Waals surface area contributed by atoms with E-state index in [0.717, 1.165) is 16.7 Å². The van der Waals surface area contributed by atoms with Gasteiger partial charge in [0.2, 0.25) is 5.82 Å². The highest BCUT2D eigenvalue weighted by molar-refractivity contribution is 7.99. The van der Waals surface area contributed by atoms with Crippen LogP contribution in [0.5, 0.6) is 0 Å². The van der Waals surface area contributed by atoms with Crippen LogP contribution in [0.15, 0.2) is 40.3 Å². The second-order valence-corrected chi connectivity index (χ2v) is 5.25. The first kappa shape index (κ1) is 14.9. The largest absolute Gasteiger partial charge is 0.451 e. The van der Waals surface area contributed by atoms with Crippen LogP contribution in [0.4, 0.5) is 19.0 Å². The zero-order valence-electron chi connectivity index (χ0n) is 10.2. The van der Waals surface area contributed by atoms with E-state index in [9.17, 15) is 13.2 Å². The van der Waals surface area contributed by atoms with Crippen LogP contribution in [-0.4, -0.2) is 17.0 Å². The second kappa shape index (κ2) is 5.88. The Bertz CT molecular complexity index is 602. The van der Waals surface area contributed by atoms with E-state index in [0.29, 0.717) is 5.02 Å². The molecule has 0 saturated carbocycles. The molecule has 0 amide bonds. The number of anilines is 1. The van der Waals surface area contributed by atoms with Crippen molar-refractivity contribution >= 4 is 29.2 Å². The highest BCUT2D eigenvalue weighted by atomic mass is 35.5. The van der Waals surface area contributed by atoms with E-state index in [2.05, 4.69) is 15.3 Å². The summed E-state index contributed by atoms with van der Waals surface area (Å²) < 4.78 is 38.1. The molecule has 0 atom stereocenters. The number of aromatic nitrogens is 2. The predicted octanol–water partition coefficient (Wildman–Crippen LogP) is 4.34. The van der Waals surface area contributed by atoms with Crippen LogP contribution in [0.1, 0.15) is 5.82 Å². The number of nitrogens with zero attached hydrogens (tertiary/aromatic N) is 2. The lowest BCUT2D eigenvalue weighted by Crippen LogP contribution is -2.12. The van der Waals surface area contributed by atoms with Crippen LogP contribution in [0.2, 0.25) is 5.02 Å². The summed E-state index contributed by atoms with van der Waals surface area (Å²) in [5.74, 6) is -1.05. The Balaban J connectivity index is 2.33. The molecule has 0 aliphatic rings. The summed E-state index contributed by atoms with van der Waals surface area (Å²) in [7, 11) is 1.50. The van der Waals surface area contributed by atoms with E-state index in [1.807, 2.05) is 0 Å². The normalized spacial score (nSPS) is 11.4. The standard InChI is InChI=1S/C12H9ClF3N3S/c1-17-9-6-10(19-11(18-9)12(14,15)16)20-8-4-2-7(13)3-5-8/h2-6H,1H3,(H,17,18,19). The fraction of sp³-hybridized carbons (Fsp3) is 0.167. The average molecular weight is 320 g/mol. The molecule has 2 aromatic rings. The molecule has 8 heteroatoms. The van der Waals surface area contributed by atoms with Crippen molar-refractivity contribution in [3.63, 3.8) is 0 Å². The Kier molecular flexibility index (Phi) is 4.39. The number of rotatable bonds is 3. The molecule has 1 N–H and O–H groups in total. The van der Waals surface area contributed by atoms with Gasteiger partial charge in [-0.2, -0.15) is 13.2 Å². The van der Waals surface area contributed by atoms with Gasteiger partial charge >= 0.3 is 6.18 Å². The number of benzene rings is 1. The summed E-state index contributed by atoms with van der Waals surface area (Å²) in [6.07, 6.45) is -4.58. The van der Waals surface area contributed by atoms with Gasteiger partial charge in [-0.3, -0.25) is 0 Å². The van der Waals surface area contributed by atoms with Gasteiger partial charge in [0.05, 0.1) is 0 Å². The predicted molar refractivity (Wildman–Crippen MR) is 72.2 cm³/mol. The van der Waals surface area contributed by atoms with Gasteiger partial charge in [0, 0.05) is 23.0 Å². The molecular weight excluding hydrogens is 311 g/mol. The molecule has 0 spiro atoms. The van der Waals surface area contributed by atoms with Crippen LogP contribution in [0.3, 0.4) is 0 Å². The smallest absolute Gasteiger partial charge is 0.373 e. The Labute approximate surface area is 122 Å². The van der Waals surface area contributed by atoms with Crippen molar-refractivity contribution < 1.29 is 13.2 Å². The Morgan fingerprint density at radius 3 is 2.35 bits per heavy atom. The van der Waals surface area contributed by atoms with Gasteiger partial charge in [-0.05, 0) is 24.3 Å². The molecule has 0 radical (unpaired) electrons. The summed E-state index contributed by atoms with van der Waals surface area (Å²) in [6, 6.07) is 8.20. The lowest BCUT2D eigenvalue weighted by atomic mass is 10.4. The summed E-state index contributed by atoms with van der Waals surface area (Å²) in [4.78, 5) is 7.66. The van der Waals surface area contributed by atoms with Gasteiger partial charge in [0.15, 0.2) is 0 Å². The topological polar surface area (TPSA) is 37.8 Å². The van der Waals surface area contributed by atoms with E-state index < -0.39 is 12.0 Å². The first-order valence-electron chi connectivity index (χ1n) is 5.46. The van der Waals surface area contributed by atoms with Crippen LogP contribution in [-0.2, 0) is 6.18 Å². The Hall–Kier alpha value is -1.47. The molecule has 0 bridgehead atoms. The molecule has 3 nitrogen and oxygen atoms in total. The third-order valence-corrected chi connectivity index (χ3v) is 3.43. The van der Waals surface area contributed by atoms with E-state index in [1.165, 1.54) is 13.1 Å². The third kappa shape index (κ3) is 3.77. The summed E-state index contributed by atoms with van der Waals surface area (Å²) in [6.45, 7) is 0. The molecule has 0 saturated heterocycles. The Morgan fingerprint density at radius 1 is 1.15 bits per heavy atom. The zero-order chi connectivity index (χ0) is 14.8. The molecule has 0 fully saturated rings. The lowest BCUT2D eigenvalue weighted by Gasteiger charge is -2.09. The monoisotopic (exact) mass is 319 g/mol. The minimum atomic E-state index is -4.58. The van der Waals surface area contributed by atoms with Crippen molar-refractivity contribution in [2.45, 2.75) is 16.1 Å². The van der Waals surface area contributed by atoms with Crippen LogP contribution < -0.4 is 5.32 Å². The molecule has 1 heterocycles. The molecule has 2 rings (SSSR count). The number of nitrogens with one attached hydrogen (secondary N) is 1. The maximum absolute atomic E-state index is 12.7. The van der Waals surface area contributed by atoms with Gasteiger partial charge in [-0.15, -0.1) is 0 Å². The molecule has 0 aliphatic heterocycles. The van der Waals surface area contributed by atoms with Gasteiger partial charge in [-0.25, -0.2) is 9.97 Å². The minimum absolute atomic E-state index is 0.115. The van der Waals surface area contributed by atoms with Gasteiger partial charge < -0.3 is 5.32 Å². The fourth-order valence-corrected chi connectivity index (χ4v) is 2.30. The molecule has 0 aliphatic carbocycles. The summed E-state index contributed by atoms with van der Waals surface area (Å²) in [5, 5.41) is 3.36. The van der Waals surface area contributed by atoms with Crippen LogP contribution in [0.25, 0.3) is 0 Å². The fourth-order valence-electron chi connectivity index (χ4n) is 1.36. The maximum Gasteiger partial charge on any atom is 0.451 e. The molecule has 106 valence electrons. The van der Waals surface area contributed by atoms with E-state index >= 15 is 0 Å². The highest BCUT2D eigenvalue weighted by Crippen LogP contribution is 2.32. The van der Waals surface area contributed by atoms with Gasteiger partial charge in [0.1, 0.15) is 10.8 Å². The van der Waals surface area contributed by atoms with E-state index in [1.54, 1.807) is 24.3 Å². The quantitative estimate of drug-likeness (QED) is 0.854. The lowest BCUT2D eigenvalue weighted by molar-refractivity contribution is -0.145. The summed E-state index contributed by atoms with van der Waals surface area (Å²) >= 11 is 6.86. The van der Waals surface area contributed by atoms with Crippen molar-refractivity contribution in [3.8, 4) is 0 Å². The van der Waals surface area contributed by atoms with Crippen molar-refractivity contribution in [1.29, 1.82) is 0 Å². The number of hydrogen-bond donors (Lipinski definition) is 1. The maximum atomic E-state index is 12.7. The molecule has 20 heavy (non-hydrogen) atoms. The van der Waals surface area contributed by atoms with Crippen molar-refractivity contribution in [2.75, 3.05) is 12.4 Å². The zero-order valence-corrected chi connectivity index (χ0v) is 11.8. The first-order valence-corrected chi connectivity index (χ1v) is 6.65. The minimum Gasteiger partial charge on any atom is -0.373 e. The van der Waals surface area contributed by atoms with Gasteiger partial charge in [-0.1, -0.05) is 23.4 Å². The summed E-state index contributed by atoms with van der Waals surface area (Å²) in [5.41, 5.74) is 0. The average Bonchev–Trinajstić information content (AvgIpc) is 2.40. The van der Waals surface area contributed by atoms with Crippen molar-refractivity contribution in [3.05, 3.63) is 41.2 Å². The number of hydrogen-bond acceptors (Lipinski definition) is 4. The molecule has 1 aromatic heterocycles. The SMILES string of the molecule is CNc1cc(Sc2ccc(Cl)cc2)nc(C(F)(F)F)n1. The van der Waals surface area contributed by atoms with Gasteiger partial charge in [0.25, 0.3) is 0 Å². The number of alkyl halides is 3. The molecular formula is C12H9ClF3N3S. The highest BCUT2D eigenvalue weighted by Gasteiger charge is 2.35. The van der Waals surface area contributed by atoms with Crippen molar-refractivity contribution in [2.24, 2.45) is 0 Å². The first-order chi connectivity index (χ1) is 9.38. The van der Waals surface area contributed by atoms with Crippen LogP contribution >= 0.6 is 23.4 Å². The van der Waals surface area contributed by atoms with E-state index in [-0.39, 0.29) is 10.8 Å². The Morgan fingerprint density at radius 2 is 1.80 bits per heavy atom. The third-order valence-electron chi connectivity index (χ3n) is 2.25. The number of halogens is 4. The van der Waals surface area contributed by atoms with Crippen molar-refractivity contribution in [1.82, 2.24) is 9.97 Å². The second-order valence-electron chi connectivity index (χ2n) is 3.72. The molecule has 0 unspecified atom stereocenters. The molecule has 1 aromatic carbocycles. The van der Waals surface area contributed by atoms with Crippen LogP contribution in [0, 0.1) is 0 Å².